The number of anilines is 1. The summed E-state index contributed by atoms with van der Waals surface area (Å²) in [6.07, 6.45) is 2.69. The van der Waals surface area contributed by atoms with Gasteiger partial charge in [-0.2, -0.15) is 10.2 Å². The van der Waals surface area contributed by atoms with Crippen molar-refractivity contribution in [3.63, 3.8) is 0 Å². The van der Waals surface area contributed by atoms with Gasteiger partial charge in [0.25, 0.3) is 5.91 Å². The van der Waals surface area contributed by atoms with Gasteiger partial charge in [-0.3, -0.25) is 19.5 Å². The Morgan fingerprint density at radius 1 is 1.23 bits per heavy atom. The highest BCUT2D eigenvalue weighted by molar-refractivity contribution is 6.10. The lowest BCUT2D eigenvalue weighted by Gasteiger charge is -2.25. The second-order valence-electron chi connectivity index (χ2n) is 7.34. The molecule has 0 aliphatic carbocycles. The number of amides is 1. The minimum atomic E-state index is -0.207. The fourth-order valence-corrected chi connectivity index (χ4v) is 3.71. The zero-order valence-electron chi connectivity index (χ0n) is 15.5. The summed E-state index contributed by atoms with van der Waals surface area (Å²) in [6, 6.07) is 9.88. The molecule has 1 aliphatic rings. The van der Waals surface area contributed by atoms with E-state index in [1.165, 1.54) is 0 Å². The van der Waals surface area contributed by atoms with Gasteiger partial charge in [0.05, 0.1) is 11.7 Å². The van der Waals surface area contributed by atoms with Crippen LogP contribution in [0.2, 0.25) is 0 Å². The Morgan fingerprint density at radius 2 is 2.00 bits per heavy atom. The number of nitrogens with zero attached hydrogens (tertiary/aromatic N) is 4. The van der Waals surface area contributed by atoms with Crippen molar-refractivity contribution in [2.75, 3.05) is 4.90 Å². The van der Waals surface area contributed by atoms with Crippen LogP contribution >= 0.6 is 0 Å². The monoisotopic (exact) mass is 349 g/mol. The molecule has 1 aromatic carbocycles. The SMILES string of the molecule is Cc1ccccc1C1c2c(CC(C)C)n[nH]c2C(=O)N1c1ccn(C)n1. The molecule has 0 bridgehead atoms. The molecule has 134 valence electrons. The van der Waals surface area contributed by atoms with Crippen molar-refractivity contribution < 1.29 is 4.79 Å². The van der Waals surface area contributed by atoms with E-state index in [2.05, 4.69) is 48.2 Å². The van der Waals surface area contributed by atoms with Crippen LogP contribution in [0.1, 0.15) is 52.8 Å². The summed E-state index contributed by atoms with van der Waals surface area (Å²) >= 11 is 0. The summed E-state index contributed by atoms with van der Waals surface area (Å²) < 4.78 is 1.72. The van der Waals surface area contributed by atoms with Crippen LogP contribution in [0.5, 0.6) is 0 Å². The molecule has 3 heterocycles. The van der Waals surface area contributed by atoms with E-state index in [1.54, 1.807) is 9.58 Å². The van der Waals surface area contributed by atoms with Crippen molar-refractivity contribution in [1.82, 2.24) is 20.0 Å². The molecule has 2 aromatic heterocycles. The highest BCUT2D eigenvalue weighted by atomic mass is 16.2. The quantitative estimate of drug-likeness (QED) is 0.785. The number of carbonyl (C=O) groups is 1. The van der Waals surface area contributed by atoms with Gasteiger partial charge in [0, 0.05) is 24.9 Å². The lowest BCUT2D eigenvalue weighted by Crippen LogP contribution is -2.30. The van der Waals surface area contributed by atoms with Gasteiger partial charge < -0.3 is 0 Å². The maximum absolute atomic E-state index is 13.2. The molecular weight excluding hydrogens is 326 g/mol. The molecular formula is C20H23N5O. The topological polar surface area (TPSA) is 66.8 Å². The molecule has 0 saturated heterocycles. The van der Waals surface area contributed by atoms with Gasteiger partial charge in [-0.25, -0.2) is 0 Å². The van der Waals surface area contributed by atoms with E-state index in [0.717, 1.165) is 28.8 Å². The Morgan fingerprint density at radius 3 is 2.65 bits per heavy atom. The molecule has 0 spiro atoms. The first kappa shape index (κ1) is 16.6. The Bertz CT molecular complexity index is 968. The summed E-state index contributed by atoms with van der Waals surface area (Å²) in [6.45, 7) is 6.41. The van der Waals surface area contributed by atoms with Crippen LogP contribution in [0.4, 0.5) is 5.82 Å². The zero-order valence-corrected chi connectivity index (χ0v) is 15.5. The summed E-state index contributed by atoms with van der Waals surface area (Å²) in [5.41, 5.74) is 4.80. The predicted octanol–water partition coefficient (Wildman–Crippen LogP) is 3.40. The average Bonchev–Trinajstić information content (AvgIpc) is 3.25. The molecule has 1 N–H and O–H groups in total. The van der Waals surface area contributed by atoms with Crippen molar-refractivity contribution in [1.29, 1.82) is 0 Å². The van der Waals surface area contributed by atoms with E-state index in [4.69, 9.17) is 0 Å². The van der Waals surface area contributed by atoms with Gasteiger partial charge in [-0.1, -0.05) is 38.1 Å². The second-order valence-corrected chi connectivity index (χ2v) is 7.34. The molecule has 0 saturated carbocycles. The Labute approximate surface area is 152 Å². The van der Waals surface area contributed by atoms with Crippen molar-refractivity contribution in [3.05, 3.63) is 64.6 Å². The number of hydrogen-bond donors (Lipinski definition) is 1. The minimum absolute atomic E-state index is 0.0746. The van der Waals surface area contributed by atoms with Gasteiger partial charge in [-0.05, 0) is 30.4 Å². The highest BCUT2D eigenvalue weighted by Crippen LogP contribution is 2.43. The molecule has 3 aromatic rings. The van der Waals surface area contributed by atoms with Crippen LogP contribution in [0.25, 0.3) is 0 Å². The normalized spacial score (nSPS) is 16.6. The van der Waals surface area contributed by atoms with E-state index in [-0.39, 0.29) is 11.9 Å². The van der Waals surface area contributed by atoms with E-state index < -0.39 is 0 Å². The number of fused-ring (bicyclic) bond motifs is 1. The Hall–Kier alpha value is -2.89. The van der Waals surface area contributed by atoms with Crippen LogP contribution in [0, 0.1) is 12.8 Å². The lowest BCUT2D eigenvalue weighted by atomic mass is 9.93. The molecule has 1 aliphatic heterocycles. The van der Waals surface area contributed by atoms with E-state index in [9.17, 15) is 4.79 Å². The molecule has 1 unspecified atom stereocenters. The number of benzene rings is 1. The number of rotatable bonds is 4. The third-order valence-electron chi connectivity index (χ3n) is 4.88. The maximum atomic E-state index is 13.2. The van der Waals surface area contributed by atoms with Crippen molar-refractivity contribution in [2.24, 2.45) is 13.0 Å². The van der Waals surface area contributed by atoms with Crippen molar-refractivity contribution >= 4 is 11.7 Å². The molecule has 26 heavy (non-hydrogen) atoms. The second kappa shape index (κ2) is 6.12. The number of H-pyrrole nitrogens is 1. The molecule has 6 nitrogen and oxygen atoms in total. The van der Waals surface area contributed by atoms with E-state index >= 15 is 0 Å². The third kappa shape index (κ3) is 2.53. The van der Waals surface area contributed by atoms with E-state index in [1.807, 2.05) is 31.4 Å². The summed E-state index contributed by atoms with van der Waals surface area (Å²) in [4.78, 5) is 15.0. The van der Waals surface area contributed by atoms with Crippen LogP contribution in [0.3, 0.4) is 0 Å². The number of aromatic nitrogens is 4. The molecule has 0 fully saturated rings. The fourth-order valence-electron chi connectivity index (χ4n) is 3.71. The first-order valence-corrected chi connectivity index (χ1v) is 8.93. The maximum Gasteiger partial charge on any atom is 0.278 e. The first-order valence-electron chi connectivity index (χ1n) is 8.93. The number of aryl methyl sites for hydroxylation is 2. The Balaban J connectivity index is 1.92. The fraction of sp³-hybridized carbons (Fsp3) is 0.350. The van der Waals surface area contributed by atoms with Gasteiger partial charge in [-0.15, -0.1) is 0 Å². The van der Waals surface area contributed by atoms with Crippen LogP contribution in [-0.2, 0) is 13.5 Å². The van der Waals surface area contributed by atoms with Gasteiger partial charge >= 0.3 is 0 Å². The number of hydrogen-bond acceptors (Lipinski definition) is 3. The van der Waals surface area contributed by atoms with Crippen LogP contribution in [0.15, 0.2) is 36.5 Å². The molecule has 0 radical (unpaired) electrons. The molecule has 1 amide bonds. The Kier molecular flexibility index (Phi) is 3.90. The summed E-state index contributed by atoms with van der Waals surface area (Å²) in [7, 11) is 1.86. The lowest BCUT2D eigenvalue weighted by molar-refractivity contribution is 0.0988. The zero-order chi connectivity index (χ0) is 18.4. The van der Waals surface area contributed by atoms with Gasteiger partial charge in [0.1, 0.15) is 5.69 Å². The summed E-state index contributed by atoms with van der Waals surface area (Å²) in [5.74, 6) is 1.04. The first-order chi connectivity index (χ1) is 12.5. The molecule has 4 rings (SSSR count). The highest BCUT2D eigenvalue weighted by Gasteiger charge is 2.44. The number of aromatic amines is 1. The number of carbonyl (C=O) groups excluding carboxylic acids is 1. The van der Waals surface area contributed by atoms with Crippen LogP contribution < -0.4 is 4.90 Å². The molecule has 1 atom stereocenters. The molecule has 6 heteroatoms. The van der Waals surface area contributed by atoms with Gasteiger partial charge in [0.15, 0.2) is 5.82 Å². The largest absolute Gasteiger partial charge is 0.278 e. The standard InChI is InChI=1S/C20H23N5O/c1-12(2)11-15-17-18(22-21-15)20(26)25(16-9-10-24(4)23-16)19(17)14-8-6-5-7-13(14)3/h5-10,12,19H,11H2,1-4H3,(H,21,22). The van der Waals surface area contributed by atoms with Crippen molar-refractivity contribution in [3.8, 4) is 0 Å². The minimum Gasteiger partial charge on any atom is -0.278 e. The van der Waals surface area contributed by atoms with Crippen molar-refractivity contribution in [2.45, 2.75) is 33.2 Å². The van der Waals surface area contributed by atoms with Crippen LogP contribution in [-0.4, -0.2) is 25.9 Å². The third-order valence-corrected chi connectivity index (χ3v) is 4.88. The summed E-state index contributed by atoms with van der Waals surface area (Å²) in [5, 5.41) is 11.9. The van der Waals surface area contributed by atoms with Gasteiger partial charge in [0.2, 0.25) is 0 Å². The predicted molar refractivity (Wildman–Crippen MR) is 100 cm³/mol. The van der Waals surface area contributed by atoms with E-state index in [0.29, 0.717) is 17.4 Å². The smallest absolute Gasteiger partial charge is 0.278 e. The average molecular weight is 349 g/mol. The number of nitrogens with one attached hydrogen (secondary N) is 1.